The van der Waals surface area contributed by atoms with E-state index in [1.54, 1.807) is 36.5 Å². The molecule has 1 amide bonds. The summed E-state index contributed by atoms with van der Waals surface area (Å²) in [6, 6.07) is 8.35. The number of morpholine rings is 1. The van der Waals surface area contributed by atoms with Crippen molar-refractivity contribution in [3.63, 3.8) is 0 Å². The van der Waals surface area contributed by atoms with Crippen molar-refractivity contribution in [1.82, 2.24) is 4.98 Å². The van der Waals surface area contributed by atoms with Crippen LogP contribution in [0.4, 0.5) is 11.5 Å². The molecular weight excluding hydrogens is 337 g/mol. The molecule has 1 aromatic carbocycles. The van der Waals surface area contributed by atoms with Gasteiger partial charge in [-0.2, -0.15) is 0 Å². The number of carbonyl (C=O) groups excluding carboxylic acids is 1. The third-order valence-corrected chi connectivity index (χ3v) is 3.90. The lowest BCUT2D eigenvalue weighted by Gasteiger charge is -2.27. The molecule has 0 unspecified atom stereocenters. The first-order chi connectivity index (χ1) is 11.1. The molecule has 1 N–H and O–H groups in total. The van der Waals surface area contributed by atoms with Gasteiger partial charge in [0.05, 0.1) is 13.2 Å². The van der Waals surface area contributed by atoms with E-state index in [4.69, 9.17) is 27.9 Å². The van der Waals surface area contributed by atoms with Gasteiger partial charge in [0.25, 0.3) is 5.91 Å². The zero-order valence-corrected chi connectivity index (χ0v) is 13.8. The Kier molecular flexibility index (Phi) is 5.00. The standard InChI is InChI=1S/C16H15Cl2N3O2/c17-12-8-13(18)10-14(9-12)20-16(22)11-1-2-19-15(7-11)21-3-5-23-6-4-21/h1-2,7-10H,3-6H2,(H,20,22). The molecule has 1 aliphatic rings. The quantitative estimate of drug-likeness (QED) is 0.919. The summed E-state index contributed by atoms with van der Waals surface area (Å²) in [6.07, 6.45) is 1.63. The van der Waals surface area contributed by atoms with Crippen molar-refractivity contribution in [2.75, 3.05) is 36.5 Å². The molecule has 7 heteroatoms. The maximum Gasteiger partial charge on any atom is 0.255 e. The first-order valence-corrected chi connectivity index (χ1v) is 7.93. The fourth-order valence-electron chi connectivity index (χ4n) is 2.35. The number of pyridine rings is 1. The van der Waals surface area contributed by atoms with E-state index >= 15 is 0 Å². The zero-order valence-electron chi connectivity index (χ0n) is 12.3. The van der Waals surface area contributed by atoms with Gasteiger partial charge >= 0.3 is 0 Å². The number of nitrogens with one attached hydrogen (secondary N) is 1. The minimum Gasteiger partial charge on any atom is -0.378 e. The second-order valence-electron chi connectivity index (χ2n) is 5.11. The van der Waals surface area contributed by atoms with E-state index in [0.29, 0.717) is 34.5 Å². The molecule has 0 radical (unpaired) electrons. The van der Waals surface area contributed by atoms with Gasteiger partial charge in [0.2, 0.25) is 0 Å². The van der Waals surface area contributed by atoms with E-state index in [1.807, 2.05) is 0 Å². The fraction of sp³-hybridized carbons (Fsp3) is 0.250. The normalized spacial score (nSPS) is 14.6. The SMILES string of the molecule is O=C(Nc1cc(Cl)cc(Cl)c1)c1ccnc(N2CCOCC2)c1. The third kappa shape index (κ3) is 4.13. The Morgan fingerprint density at radius 1 is 1.13 bits per heavy atom. The number of anilines is 2. The predicted octanol–water partition coefficient (Wildman–Crippen LogP) is 3.48. The molecule has 5 nitrogen and oxygen atoms in total. The van der Waals surface area contributed by atoms with Gasteiger partial charge in [-0.15, -0.1) is 0 Å². The average Bonchev–Trinajstić information content (AvgIpc) is 2.55. The molecule has 0 bridgehead atoms. The Labute approximate surface area is 144 Å². The van der Waals surface area contributed by atoms with Gasteiger partial charge < -0.3 is 15.0 Å². The topological polar surface area (TPSA) is 54.5 Å². The molecule has 0 aliphatic carbocycles. The lowest BCUT2D eigenvalue weighted by molar-refractivity contribution is 0.102. The summed E-state index contributed by atoms with van der Waals surface area (Å²) in [5.41, 5.74) is 1.08. The van der Waals surface area contributed by atoms with Crippen LogP contribution in [0.3, 0.4) is 0 Å². The molecule has 120 valence electrons. The van der Waals surface area contributed by atoms with E-state index < -0.39 is 0 Å². The number of amides is 1. The second-order valence-corrected chi connectivity index (χ2v) is 5.99. The molecule has 3 rings (SSSR count). The van der Waals surface area contributed by atoms with E-state index in [9.17, 15) is 4.79 Å². The predicted molar refractivity (Wildman–Crippen MR) is 91.7 cm³/mol. The molecule has 0 saturated carbocycles. The van der Waals surface area contributed by atoms with Gasteiger partial charge in [0, 0.05) is 40.6 Å². The van der Waals surface area contributed by atoms with Crippen LogP contribution < -0.4 is 10.2 Å². The first kappa shape index (κ1) is 16.1. The molecule has 1 aliphatic heterocycles. The summed E-state index contributed by atoms with van der Waals surface area (Å²) in [6.45, 7) is 2.86. The van der Waals surface area contributed by atoms with E-state index in [-0.39, 0.29) is 5.91 Å². The van der Waals surface area contributed by atoms with E-state index in [1.165, 1.54) is 0 Å². The Morgan fingerprint density at radius 2 is 1.83 bits per heavy atom. The highest BCUT2D eigenvalue weighted by Gasteiger charge is 2.15. The third-order valence-electron chi connectivity index (χ3n) is 3.46. The Bertz CT molecular complexity index is 698. The lowest BCUT2D eigenvalue weighted by Crippen LogP contribution is -2.36. The number of hydrogen-bond donors (Lipinski definition) is 1. The molecule has 1 saturated heterocycles. The summed E-state index contributed by atoms with van der Waals surface area (Å²) >= 11 is 11.9. The monoisotopic (exact) mass is 351 g/mol. The molecule has 2 aromatic rings. The van der Waals surface area contributed by atoms with Crippen molar-refractivity contribution in [2.45, 2.75) is 0 Å². The number of halogens is 2. The average molecular weight is 352 g/mol. The highest BCUT2D eigenvalue weighted by molar-refractivity contribution is 6.35. The van der Waals surface area contributed by atoms with Crippen molar-refractivity contribution < 1.29 is 9.53 Å². The number of nitrogens with zero attached hydrogens (tertiary/aromatic N) is 2. The largest absolute Gasteiger partial charge is 0.378 e. The van der Waals surface area contributed by atoms with Crippen LogP contribution in [0.1, 0.15) is 10.4 Å². The van der Waals surface area contributed by atoms with Crippen LogP contribution in [0.15, 0.2) is 36.5 Å². The molecule has 2 heterocycles. The van der Waals surface area contributed by atoms with Crippen molar-refractivity contribution in [3.05, 3.63) is 52.1 Å². The summed E-state index contributed by atoms with van der Waals surface area (Å²) < 4.78 is 5.33. The molecule has 0 atom stereocenters. The van der Waals surface area contributed by atoms with Gasteiger partial charge in [-0.1, -0.05) is 23.2 Å². The number of ether oxygens (including phenoxy) is 1. The highest BCUT2D eigenvalue weighted by Crippen LogP contribution is 2.23. The Balaban J connectivity index is 1.76. The molecule has 23 heavy (non-hydrogen) atoms. The number of benzene rings is 1. The molecule has 1 aromatic heterocycles. The summed E-state index contributed by atoms with van der Waals surface area (Å²) in [4.78, 5) is 18.8. The van der Waals surface area contributed by atoms with Crippen molar-refractivity contribution in [2.24, 2.45) is 0 Å². The van der Waals surface area contributed by atoms with Gasteiger partial charge in [-0.25, -0.2) is 4.98 Å². The molecule has 0 spiro atoms. The minimum atomic E-state index is -0.236. The Morgan fingerprint density at radius 3 is 2.52 bits per heavy atom. The van der Waals surface area contributed by atoms with Crippen molar-refractivity contribution in [3.8, 4) is 0 Å². The van der Waals surface area contributed by atoms with E-state index in [0.717, 1.165) is 18.9 Å². The number of aromatic nitrogens is 1. The van der Waals surface area contributed by atoms with Crippen molar-refractivity contribution in [1.29, 1.82) is 0 Å². The van der Waals surface area contributed by atoms with Gasteiger partial charge in [0.15, 0.2) is 0 Å². The van der Waals surface area contributed by atoms with Crippen LogP contribution in [0.5, 0.6) is 0 Å². The maximum atomic E-state index is 12.4. The lowest BCUT2D eigenvalue weighted by atomic mass is 10.2. The molecule has 1 fully saturated rings. The van der Waals surface area contributed by atoms with Crippen LogP contribution in [-0.2, 0) is 4.74 Å². The van der Waals surface area contributed by atoms with E-state index in [2.05, 4.69) is 15.2 Å². The number of rotatable bonds is 3. The number of carbonyl (C=O) groups is 1. The summed E-state index contributed by atoms with van der Waals surface area (Å²) in [5, 5.41) is 3.73. The maximum absolute atomic E-state index is 12.4. The van der Waals surface area contributed by atoms with Gasteiger partial charge in [-0.3, -0.25) is 4.79 Å². The van der Waals surface area contributed by atoms with Crippen LogP contribution in [0.2, 0.25) is 10.0 Å². The first-order valence-electron chi connectivity index (χ1n) is 7.18. The van der Waals surface area contributed by atoms with Crippen molar-refractivity contribution >= 4 is 40.6 Å². The minimum absolute atomic E-state index is 0.236. The van der Waals surface area contributed by atoms with Gasteiger partial charge in [0.1, 0.15) is 5.82 Å². The fourth-order valence-corrected chi connectivity index (χ4v) is 2.88. The zero-order chi connectivity index (χ0) is 16.2. The second kappa shape index (κ2) is 7.17. The Hall–Kier alpha value is -1.82. The summed E-state index contributed by atoms with van der Waals surface area (Å²) in [5.74, 6) is 0.533. The highest BCUT2D eigenvalue weighted by atomic mass is 35.5. The smallest absolute Gasteiger partial charge is 0.255 e. The summed E-state index contributed by atoms with van der Waals surface area (Å²) in [7, 11) is 0. The molecular formula is C16H15Cl2N3O2. The van der Waals surface area contributed by atoms with Crippen LogP contribution in [0.25, 0.3) is 0 Å². The van der Waals surface area contributed by atoms with Crippen LogP contribution in [-0.4, -0.2) is 37.2 Å². The number of hydrogen-bond acceptors (Lipinski definition) is 4. The van der Waals surface area contributed by atoms with Gasteiger partial charge in [-0.05, 0) is 30.3 Å². The van der Waals surface area contributed by atoms with Crippen LogP contribution >= 0.6 is 23.2 Å². The van der Waals surface area contributed by atoms with Crippen LogP contribution in [0, 0.1) is 0 Å².